The van der Waals surface area contributed by atoms with E-state index in [0.29, 0.717) is 6.54 Å². The van der Waals surface area contributed by atoms with Gasteiger partial charge in [0.2, 0.25) is 5.91 Å². The van der Waals surface area contributed by atoms with Crippen molar-refractivity contribution in [2.24, 2.45) is 0 Å². The Morgan fingerprint density at radius 3 is 3.11 bits per heavy atom. The second-order valence-electron chi connectivity index (χ2n) is 5.23. The Morgan fingerprint density at radius 2 is 2.33 bits per heavy atom. The molecule has 0 saturated carbocycles. The predicted octanol–water partition coefficient (Wildman–Crippen LogP) is 2.00. The number of hydrogen-bond donors (Lipinski definition) is 2. The van der Waals surface area contributed by atoms with E-state index in [4.69, 9.17) is 0 Å². The fraction of sp³-hybridized carbons (Fsp3) is 0.643. The zero-order valence-corrected chi connectivity index (χ0v) is 11.4. The third-order valence-corrected chi connectivity index (χ3v) is 5.10. The van der Waals surface area contributed by atoms with E-state index in [1.165, 1.54) is 47.4 Å². The number of thiophene rings is 1. The van der Waals surface area contributed by atoms with Crippen LogP contribution in [0, 0.1) is 0 Å². The van der Waals surface area contributed by atoms with Gasteiger partial charge in [-0.2, -0.15) is 0 Å². The van der Waals surface area contributed by atoms with Gasteiger partial charge in [-0.3, -0.25) is 4.79 Å². The zero-order chi connectivity index (χ0) is 12.4. The summed E-state index contributed by atoms with van der Waals surface area (Å²) in [5.74, 6) is 0.170. The minimum Gasteiger partial charge on any atom is -0.350 e. The lowest BCUT2D eigenvalue weighted by atomic mass is 10.0. The van der Waals surface area contributed by atoms with E-state index in [-0.39, 0.29) is 11.9 Å². The average Bonchev–Trinajstić information content (AvgIpc) is 2.97. The minimum atomic E-state index is 0.0329. The lowest BCUT2D eigenvalue weighted by Crippen LogP contribution is -2.46. The largest absolute Gasteiger partial charge is 0.350 e. The van der Waals surface area contributed by atoms with Crippen LogP contribution in [0.15, 0.2) is 6.07 Å². The van der Waals surface area contributed by atoms with Crippen LogP contribution < -0.4 is 10.6 Å². The molecular weight excluding hydrogens is 244 g/mol. The Morgan fingerprint density at radius 1 is 1.39 bits per heavy atom. The molecule has 1 aromatic heterocycles. The summed E-state index contributed by atoms with van der Waals surface area (Å²) < 4.78 is 0. The second-order valence-corrected chi connectivity index (χ2v) is 6.46. The smallest absolute Gasteiger partial charge is 0.237 e. The molecule has 2 aliphatic rings. The summed E-state index contributed by atoms with van der Waals surface area (Å²) in [6.45, 7) is 1.68. The van der Waals surface area contributed by atoms with Gasteiger partial charge >= 0.3 is 0 Å². The van der Waals surface area contributed by atoms with Crippen molar-refractivity contribution >= 4 is 17.2 Å². The summed E-state index contributed by atoms with van der Waals surface area (Å²) >= 11 is 1.88. The van der Waals surface area contributed by atoms with Crippen molar-refractivity contribution in [3.8, 4) is 0 Å². The quantitative estimate of drug-likeness (QED) is 0.876. The molecule has 0 bridgehead atoms. The molecule has 1 aliphatic heterocycles. The van der Waals surface area contributed by atoms with Gasteiger partial charge in [0, 0.05) is 9.75 Å². The van der Waals surface area contributed by atoms with E-state index in [1.807, 2.05) is 11.3 Å². The molecule has 1 aromatic rings. The molecule has 3 rings (SSSR count). The highest BCUT2D eigenvalue weighted by molar-refractivity contribution is 7.12. The number of carbonyl (C=O) groups is 1. The highest BCUT2D eigenvalue weighted by Gasteiger charge is 2.20. The van der Waals surface area contributed by atoms with E-state index in [9.17, 15) is 4.79 Å². The highest BCUT2D eigenvalue weighted by atomic mass is 32.1. The lowest BCUT2D eigenvalue weighted by Gasteiger charge is -2.22. The average molecular weight is 264 g/mol. The maximum Gasteiger partial charge on any atom is 0.237 e. The molecule has 1 amide bonds. The summed E-state index contributed by atoms with van der Waals surface area (Å²) in [6, 6.07) is 2.31. The Hall–Kier alpha value is -0.870. The van der Waals surface area contributed by atoms with Crippen LogP contribution in [-0.2, 0) is 24.2 Å². The van der Waals surface area contributed by atoms with E-state index in [2.05, 4.69) is 16.7 Å². The van der Waals surface area contributed by atoms with Crippen LogP contribution >= 0.6 is 11.3 Å². The van der Waals surface area contributed by atoms with Gasteiger partial charge in [-0.05, 0) is 50.3 Å². The van der Waals surface area contributed by atoms with E-state index >= 15 is 0 Å². The topological polar surface area (TPSA) is 41.1 Å². The van der Waals surface area contributed by atoms with Crippen molar-refractivity contribution in [2.75, 3.05) is 6.54 Å². The Kier molecular flexibility index (Phi) is 3.66. The predicted molar refractivity (Wildman–Crippen MR) is 73.8 cm³/mol. The Balaban J connectivity index is 1.52. The summed E-state index contributed by atoms with van der Waals surface area (Å²) in [7, 11) is 0. The van der Waals surface area contributed by atoms with Gasteiger partial charge in [0.15, 0.2) is 0 Å². The molecule has 1 unspecified atom stereocenters. The molecule has 1 saturated heterocycles. The fourth-order valence-electron chi connectivity index (χ4n) is 2.85. The maximum absolute atomic E-state index is 12.0. The lowest BCUT2D eigenvalue weighted by molar-refractivity contribution is -0.123. The van der Waals surface area contributed by atoms with E-state index < -0.39 is 0 Å². The molecule has 0 spiro atoms. The third kappa shape index (κ3) is 2.59. The number of amides is 1. The molecule has 0 radical (unpaired) electrons. The Labute approximate surface area is 112 Å². The normalized spacial score (nSPS) is 22.8. The highest BCUT2D eigenvalue weighted by Crippen LogP contribution is 2.30. The monoisotopic (exact) mass is 264 g/mol. The van der Waals surface area contributed by atoms with Crippen molar-refractivity contribution in [3.63, 3.8) is 0 Å². The standard InChI is InChI=1S/C14H20N2OS/c17-14(12-5-1-2-7-15-12)16-9-11-8-10-4-3-6-13(10)18-11/h8,12,15H,1-7,9H2,(H,16,17). The molecule has 18 heavy (non-hydrogen) atoms. The zero-order valence-electron chi connectivity index (χ0n) is 10.6. The number of hydrogen-bond acceptors (Lipinski definition) is 3. The van der Waals surface area contributed by atoms with Gasteiger partial charge in [-0.15, -0.1) is 11.3 Å². The number of rotatable bonds is 3. The summed E-state index contributed by atoms with van der Waals surface area (Å²) in [5, 5.41) is 6.35. The van der Waals surface area contributed by atoms with Crippen molar-refractivity contribution < 1.29 is 4.79 Å². The van der Waals surface area contributed by atoms with Crippen LogP contribution in [0.4, 0.5) is 0 Å². The number of nitrogens with one attached hydrogen (secondary N) is 2. The summed E-state index contributed by atoms with van der Waals surface area (Å²) in [6.07, 6.45) is 7.11. The van der Waals surface area contributed by atoms with Gasteiger partial charge in [0.05, 0.1) is 12.6 Å². The first-order valence-electron chi connectivity index (χ1n) is 6.94. The molecule has 0 aromatic carbocycles. The van der Waals surface area contributed by atoms with Gasteiger partial charge in [-0.1, -0.05) is 6.42 Å². The van der Waals surface area contributed by atoms with Gasteiger partial charge in [0.25, 0.3) is 0 Å². The van der Waals surface area contributed by atoms with Gasteiger partial charge < -0.3 is 10.6 Å². The van der Waals surface area contributed by atoms with Crippen LogP contribution in [0.25, 0.3) is 0 Å². The number of fused-ring (bicyclic) bond motifs is 1. The molecule has 1 atom stereocenters. The first-order chi connectivity index (χ1) is 8.83. The van der Waals surface area contributed by atoms with Gasteiger partial charge in [-0.25, -0.2) is 0 Å². The first-order valence-corrected chi connectivity index (χ1v) is 7.76. The van der Waals surface area contributed by atoms with Crippen molar-refractivity contribution in [3.05, 3.63) is 21.4 Å². The van der Waals surface area contributed by atoms with Crippen LogP contribution in [-0.4, -0.2) is 18.5 Å². The van der Waals surface area contributed by atoms with Crippen LogP contribution in [0.3, 0.4) is 0 Å². The van der Waals surface area contributed by atoms with Crippen molar-refractivity contribution in [2.45, 2.75) is 51.1 Å². The third-order valence-electron chi connectivity index (χ3n) is 3.86. The molecule has 1 aliphatic carbocycles. The summed E-state index contributed by atoms with van der Waals surface area (Å²) in [5.41, 5.74) is 1.51. The molecule has 3 nitrogen and oxygen atoms in total. The molecule has 2 heterocycles. The number of aryl methyl sites for hydroxylation is 2. The first kappa shape index (κ1) is 12.2. The van der Waals surface area contributed by atoms with Gasteiger partial charge in [0.1, 0.15) is 0 Å². The van der Waals surface area contributed by atoms with Crippen molar-refractivity contribution in [1.29, 1.82) is 0 Å². The fourth-order valence-corrected chi connectivity index (χ4v) is 4.05. The summed E-state index contributed by atoms with van der Waals surface area (Å²) in [4.78, 5) is 14.8. The van der Waals surface area contributed by atoms with Crippen molar-refractivity contribution in [1.82, 2.24) is 10.6 Å². The Bertz CT molecular complexity index is 414. The maximum atomic E-state index is 12.0. The SMILES string of the molecule is O=C(NCc1cc2c(s1)CCC2)C1CCCCN1. The van der Waals surface area contributed by atoms with Crippen LogP contribution in [0.2, 0.25) is 0 Å². The number of piperidine rings is 1. The molecule has 2 N–H and O–H groups in total. The number of carbonyl (C=O) groups excluding carboxylic acids is 1. The van der Waals surface area contributed by atoms with Crippen LogP contribution in [0.5, 0.6) is 0 Å². The molecular formula is C14H20N2OS. The second kappa shape index (κ2) is 5.41. The molecule has 4 heteroatoms. The molecule has 98 valence electrons. The van der Waals surface area contributed by atoms with E-state index in [0.717, 1.165) is 13.0 Å². The molecule has 1 fully saturated rings. The van der Waals surface area contributed by atoms with E-state index in [1.54, 1.807) is 0 Å². The minimum absolute atomic E-state index is 0.0329. The van der Waals surface area contributed by atoms with Crippen LogP contribution in [0.1, 0.15) is 41.0 Å².